The van der Waals surface area contributed by atoms with Gasteiger partial charge in [0.2, 0.25) is 0 Å². The molecule has 0 aliphatic rings. The molecular formula is C14H14FNO3S. The number of ether oxygens (including phenoxy) is 2. The molecule has 6 heteroatoms. The standard InChI is InChI=1S/C14H14FNO3S/c1-18-8-7-11-12(14(17)19-2)20-13(16-11)9-3-5-10(15)6-4-9/h3-6H,7-8H2,1-2H3. The van der Waals surface area contributed by atoms with Crippen molar-refractivity contribution in [3.63, 3.8) is 0 Å². The van der Waals surface area contributed by atoms with Gasteiger partial charge in [-0.05, 0) is 24.3 Å². The molecule has 1 aromatic carbocycles. The Bertz CT molecular complexity index is 595. The van der Waals surface area contributed by atoms with Crippen molar-refractivity contribution in [3.8, 4) is 10.6 Å². The summed E-state index contributed by atoms with van der Waals surface area (Å²) < 4.78 is 22.7. The molecule has 0 radical (unpaired) electrons. The third-order valence-electron chi connectivity index (χ3n) is 2.70. The Labute approximate surface area is 120 Å². The van der Waals surface area contributed by atoms with Gasteiger partial charge in [-0.25, -0.2) is 14.2 Å². The van der Waals surface area contributed by atoms with Crippen LogP contribution in [0.3, 0.4) is 0 Å². The minimum absolute atomic E-state index is 0.307. The molecule has 0 spiro atoms. The number of thiazole rings is 1. The molecule has 0 saturated carbocycles. The Morgan fingerprint density at radius 1 is 1.30 bits per heavy atom. The summed E-state index contributed by atoms with van der Waals surface area (Å²) in [6, 6.07) is 6.00. The van der Waals surface area contributed by atoms with Crippen LogP contribution in [0.5, 0.6) is 0 Å². The first-order valence-corrected chi connectivity index (χ1v) is 6.80. The van der Waals surface area contributed by atoms with Crippen LogP contribution in [-0.4, -0.2) is 31.8 Å². The number of carbonyl (C=O) groups excluding carboxylic acids is 1. The van der Waals surface area contributed by atoms with Gasteiger partial charge in [-0.15, -0.1) is 11.3 Å². The number of rotatable bonds is 5. The summed E-state index contributed by atoms with van der Waals surface area (Å²) in [6.07, 6.45) is 0.526. The molecule has 0 fully saturated rings. The van der Waals surface area contributed by atoms with Crippen LogP contribution in [0.1, 0.15) is 15.4 Å². The highest BCUT2D eigenvalue weighted by Crippen LogP contribution is 2.29. The van der Waals surface area contributed by atoms with Gasteiger partial charge in [0, 0.05) is 19.1 Å². The van der Waals surface area contributed by atoms with Gasteiger partial charge in [-0.3, -0.25) is 0 Å². The topological polar surface area (TPSA) is 48.4 Å². The average molecular weight is 295 g/mol. The Morgan fingerprint density at radius 3 is 2.60 bits per heavy atom. The number of hydrogen-bond acceptors (Lipinski definition) is 5. The van der Waals surface area contributed by atoms with Gasteiger partial charge in [0.1, 0.15) is 15.7 Å². The lowest BCUT2D eigenvalue weighted by Crippen LogP contribution is -2.05. The van der Waals surface area contributed by atoms with Gasteiger partial charge in [-0.2, -0.15) is 0 Å². The molecule has 0 aliphatic carbocycles. The van der Waals surface area contributed by atoms with Gasteiger partial charge in [0.25, 0.3) is 0 Å². The first kappa shape index (κ1) is 14.6. The van der Waals surface area contributed by atoms with Crippen LogP contribution in [0.4, 0.5) is 4.39 Å². The molecule has 2 rings (SSSR count). The minimum atomic E-state index is -0.415. The van der Waals surface area contributed by atoms with Crippen molar-refractivity contribution < 1.29 is 18.7 Å². The first-order valence-electron chi connectivity index (χ1n) is 5.98. The lowest BCUT2D eigenvalue weighted by molar-refractivity contribution is 0.0604. The molecule has 0 bridgehead atoms. The Kier molecular flexibility index (Phi) is 4.81. The monoisotopic (exact) mass is 295 g/mol. The van der Waals surface area contributed by atoms with Gasteiger partial charge >= 0.3 is 5.97 Å². The fraction of sp³-hybridized carbons (Fsp3) is 0.286. The summed E-state index contributed by atoms with van der Waals surface area (Å²) >= 11 is 1.24. The van der Waals surface area contributed by atoms with Crippen molar-refractivity contribution in [1.82, 2.24) is 4.98 Å². The number of benzene rings is 1. The van der Waals surface area contributed by atoms with E-state index in [1.165, 1.54) is 30.6 Å². The lowest BCUT2D eigenvalue weighted by Gasteiger charge is -1.99. The SMILES string of the molecule is COCCc1nc(-c2ccc(F)cc2)sc1C(=O)OC. The minimum Gasteiger partial charge on any atom is -0.465 e. The van der Waals surface area contributed by atoms with E-state index in [0.717, 1.165) is 5.56 Å². The Hall–Kier alpha value is -1.79. The van der Waals surface area contributed by atoms with E-state index in [4.69, 9.17) is 9.47 Å². The zero-order valence-corrected chi connectivity index (χ0v) is 12.0. The molecular weight excluding hydrogens is 281 g/mol. The van der Waals surface area contributed by atoms with Crippen molar-refractivity contribution >= 4 is 17.3 Å². The van der Waals surface area contributed by atoms with Crippen molar-refractivity contribution in [2.24, 2.45) is 0 Å². The summed E-state index contributed by atoms with van der Waals surface area (Å²) in [5, 5.41) is 0.663. The molecule has 0 saturated heterocycles. The maximum absolute atomic E-state index is 12.9. The number of aromatic nitrogens is 1. The van der Waals surface area contributed by atoms with E-state index in [1.807, 2.05) is 0 Å². The van der Waals surface area contributed by atoms with Crippen LogP contribution >= 0.6 is 11.3 Å². The summed E-state index contributed by atoms with van der Waals surface area (Å²) in [6.45, 7) is 0.469. The maximum atomic E-state index is 12.9. The van der Waals surface area contributed by atoms with Gasteiger partial charge in [-0.1, -0.05) is 0 Å². The van der Waals surface area contributed by atoms with Gasteiger partial charge in [0.05, 0.1) is 19.4 Å². The van der Waals surface area contributed by atoms with Crippen LogP contribution in [0.2, 0.25) is 0 Å². The van der Waals surface area contributed by atoms with Gasteiger partial charge in [0.15, 0.2) is 0 Å². The predicted octanol–water partition coefficient (Wildman–Crippen LogP) is 2.92. The van der Waals surface area contributed by atoms with E-state index in [2.05, 4.69) is 4.98 Å². The zero-order chi connectivity index (χ0) is 14.5. The fourth-order valence-electron chi connectivity index (χ4n) is 1.69. The van der Waals surface area contributed by atoms with Crippen LogP contribution in [0.15, 0.2) is 24.3 Å². The number of hydrogen-bond donors (Lipinski definition) is 0. The van der Waals surface area contributed by atoms with Gasteiger partial charge < -0.3 is 9.47 Å². The summed E-state index contributed by atoms with van der Waals surface area (Å²) in [5.41, 5.74) is 1.41. The molecule has 1 aromatic heterocycles. The first-order chi connectivity index (χ1) is 9.65. The molecule has 0 unspecified atom stereocenters. The lowest BCUT2D eigenvalue weighted by atomic mass is 10.2. The van der Waals surface area contributed by atoms with E-state index in [9.17, 15) is 9.18 Å². The molecule has 1 heterocycles. The highest BCUT2D eigenvalue weighted by atomic mass is 32.1. The number of methoxy groups -OCH3 is 2. The second-order valence-corrected chi connectivity index (χ2v) is 5.04. The third kappa shape index (κ3) is 3.20. The van der Waals surface area contributed by atoms with Crippen molar-refractivity contribution in [2.45, 2.75) is 6.42 Å². The molecule has 106 valence electrons. The van der Waals surface area contributed by atoms with Crippen LogP contribution < -0.4 is 0 Å². The Balaban J connectivity index is 2.37. The molecule has 20 heavy (non-hydrogen) atoms. The van der Waals surface area contributed by atoms with Crippen molar-refractivity contribution in [1.29, 1.82) is 0 Å². The predicted molar refractivity (Wildman–Crippen MR) is 74.4 cm³/mol. The van der Waals surface area contributed by atoms with E-state index >= 15 is 0 Å². The zero-order valence-electron chi connectivity index (χ0n) is 11.2. The highest BCUT2D eigenvalue weighted by molar-refractivity contribution is 7.17. The van der Waals surface area contributed by atoms with Crippen LogP contribution in [0, 0.1) is 5.82 Å². The van der Waals surface area contributed by atoms with E-state index < -0.39 is 5.97 Å². The van der Waals surface area contributed by atoms with E-state index in [1.54, 1.807) is 19.2 Å². The van der Waals surface area contributed by atoms with E-state index in [-0.39, 0.29) is 5.82 Å². The number of halogens is 1. The molecule has 0 aliphatic heterocycles. The number of carbonyl (C=O) groups is 1. The van der Waals surface area contributed by atoms with Crippen molar-refractivity contribution in [3.05, 3.63) is 40.7 Å². The van der Waals surface area contributed by atoms with Crippen molar-refractivity contribution in [2.75, 3.05) is 20.8 Å². The largest absolute Gasteiger partial charge is 0.465 e. The normalized spacial score (nSPS) is 10.6. The third-order valence-corrected chi connectivity index (χ3v) is 3.83. The van der Waals surface area contributed by atoms with E-state index in [0.29, 0.717) is 28.6 Å². The molecule has 0 N–H and O–H groups in total. The molecule has 4 nitrogen and oxygen atoms in total. The fourth-order valence-corrected chi connectivity index (χ4v) is 2.72. The summed E-state index contributed by atoms with van der Waals surface area (Å²) in [4.78, 5) is 16.6. The van der Waals surface area contributed by atoms with Crippen LogP contribution in [0.25, 0.3) is 10.6 Å². The second kappa shape index (κ2) is 6.58. The smallest absolute Gasteiger partial charge is 0.349 e. The second-order valence-electron chi connectivity index (χ2n) is 4.04. The molecule has 2 aromatic rings. The maximum Gasteiger partial charge on any atom is 0.349 e. The highest BCUT2D eigenvalue weighted by Gasteiger charge is 2.19. The molecule has 0 amide bonds. The Morgan fingerprint density at radius 2 is 2.00 bits per heavy atom. The quantitative estimate of drug-likeness (QED) is 0.796. The average Bonchev–Trinajstić information content (AvgIpc) is 2.89. The number of nitrogens with zero attached hydrogens (tertiary/aromatic N) is 1. The molecule has 0 atom stereocenters. The number of esters is 1. The summed E-state index contributed by atoms with van der Waals surface area (Å²) in [7, 11) is 2.92. The summed E-state index contributed by atoms with van der Waals surface area (Å²) in [5.74, 6) is -0.722. The van der Waals surface area contributed by atoms with Crippen LogP contribution in [-0.2, 0) is 15.9 Å².